The van der Waals surface area contributed by atoms with Crippen LogP contribution in [0.1, 0.15) is 18.4 Å². The fourth-order valence-corrected chi connectivity index (χ4v) is 5.05. The van der Waals surface area contributed by atoms with Gasteiger partial charge in [0.1, 0.15) is 11.0 Å². The number of nitrogens with zero attached hydrogens (tertiary/aromatic N) is 4. The highest BCUT2D eigenvalue weighted by Crippen LogP contribution is 2.22. The smallest absolute Gasteiger partial charge is 0.282 e. The molecule has 0 bridgehead atoms. The minimum Gasteiger partial charge on any atom is -0.384 e. The monoisotopic (exact) mass is 370 g/mol. The maximum atomic E-state index is 12.8. The number of hydrogen-bond donors (Lipinski definition) is 0. The van der Waals surface area contributed by atoms with E-state index in [1.165, 1.54) is 4.31 Å². The zero-order valence-electron chi connectivity index (χ0n) is 13.9. The Morgan fingerprint density at radius 3 is 2.96 bits per heavy atom. The lowest BCUT2D eigenvalue weighted by molar-refractivity contribution is 0.116. The third-order valence-corrected chi connectivity index (χ3v) is 6.79. The first kappa shape index (κ1) is 17.7. The number of ether oxygens (including phenoxy) is 1. The summed E-state index contributed by atoms with van der Waals surface area (Å²) in [6.07, 6.45) is 1.88. The van der Waals surface area contributed by atoms with Crippen molar-refractivity contribution in [3.8, 4) is 0 Å². The van der Waals surface area contributed by atoms with Crippen molar-refractivity contribution in [1.82, 2.24) is 17.4 Å². The predicted octanol–water partition coefficient (Wildman–Crippen LogP) is 1.73. The summed E-state index contributed by atoms with van der Waals surface area (Å²) in [6, 6.07) is 5.68. The number of fused-ring (bicyclic) bond motifs is 1. The highest BCUT2D eigenvalue weighted by Gasteiger charge is 2.31. The molecule has 9 heteroatoms. The molecule has 1 aliphatic heterocycles. The van der Waals surface area contributed by atoms with Crippen LogP contribution in [0.3, 0.4) is 0 Å². The van der Waals surface area contributed by atoms with Crippen molar-refractivity contribution < 1.29 is 13.2 Å². The number of methoxy groups -OCH3 is 1. The fourth-order valence-electron chi connectivity index (χ4n) is 3.07. The molecular weight excluding hydrogens is 348 g/mol. The third-order valence-electron chi connectivity index (χ3n) is 4.33. The molecule has 24 heavy (non-hydrogen) atoms. The fraction of sp³-hybridized carbons (Fsp3) is 0.600. The van der Waals surface area contributed by atoms with Gasteiger partial charge in [-0.2, -0.15) is 25.8 Å². The molecule has 0 radical (unpaired) electrons. The molecule has 1 unspecified atom stereocenters. The first-order valence-electron chi connectivity index (χ1n) is 7.92. The number of hydrogen-bond acceptors (Lipinski definition) is 6. The van der Waals surface area contributed by atoms with Gasteiger partial charge in [-0.05, 0) is 36.5 Å². The van der Waals surface area contributed by atoms with Gasteiger partial charge in [0.2, 0.25) is 0 Å². The Morgan fingerprint density at radius 2 is 2.17 bits per heavy atom. The Bertz CT molecular complexity index is 791. The molecule has 7 nitrogen and oxygen atoms in total. The van der Waals surface area contributed by atoms with Crippen LogP contribution in [0.15, 0.2) is 18.2 Å². The molecule has 0 saturated carbocycles. The molecule has 0 N–H and O–H groups in total. The molecule has 1 fully saturated rings. The van der Waals surface area contributed by atoms with Gasteiger partial charge in [-0.25, -0.2) is 0 Å². The van der Waals surface area contributed by atoms with Crippen molar-refractivity contribution in [3.05, 3.63) is 23.8 Å². The van der Waals surface area contributed by atoms with E-state index in [4.69, 9.17) is 4.74 Å². The minimum atomic E-state index is -3.47. The van der Waals surface area contributed by atoms with E-state index in [0.717, 1.165) is 41.2 Å². The van der Waals surface area contributed by atoms with E-state index >= 15 is 0 Å². The van der Waals surface area contributed by atoms with Crippen LogP contribution in [0.25, 0.3) is 11.0 Å². The Labute approximate surface area is 146 Å². The van der Waals surface area contributed by atoms with Crippen molar-refractivity contribution in [2.75, 3.05) is 33.9 Å². The van der Waals surface area contributed by atoms with Crippen LogP contribution in [0.5, 0.6) is 0 Å². The minimum absolute atomic E-state index is 0.268. The Hall–Kier alpha value is -1.13. The first-order valence-corrected chi connectivity index (χ1v) is 10.0. The lowest BCUT2D eigenvalue weighted by Crippen LogP contribution is -2.47. The number of rotatable bonds is 6. The van der Waals surface area contributed by atoms with E-state index in [1.807, 2.05) is 18.2 Å². The van der Waals surface area contributed by atoms with Crippen molar-refractivity contribution >= 4 is 33.0 Å². The van der Waals surface area contributed by atoms with E-state index in [0.29, 0.717) is 26.2 Å². The molecule has 1 aliphatic rings. The second-order valence-corrected chi connectivity index (χ2v) is 8.74. The zero-order valence-corrected chi connectivity index (χ0v) is 15.5. The van der Waals surface area contributed by atoms with Gasteiger partial charge in [0.05, 0.1) is 18.3 Å². The molecule has 0 aliphatic carbocycles. The summed E-state index contributed by atoms with van der Waals surface area (Å²) in [4.78, 5) is 0. The van der Waals surface area contributed by atoms with E-state index in [2.05, 4.69) is 8.75 Å². The summed E-state index contributed by atoms with van der Waals surface area (Å²) in [5, 5.41) is 0. The molecular formula is C15H22N4O3S2. The van der Waals surface area contributed by atoms with Crippen molar-refractivity contribution in [2.24, 2.45) is 5.92 Å². The highest BCUT2D eigenvalue weighted by atomic mass is 32.2. The molecule has 1 aromatic carbocycles. The largest absolute Gasteiger partial charge is 0.384 e. The molecule has 132 valence electrons. The molecule has 1 saturated heterocycles. The van der Waals surface area contributed by atoms with Crippen LogP contribution in [0, 0.1) is 5.92 Å². The molecule has 2 aromatic rings. The zero-order chi connectivity index (χ0) is 17.2. The standard InChI is InChI=1S/C15H22N4O3S2/c1-18(9-12-5-6-14-15(8-12)17-23-16-14)24(20,21)19-7-3-4-13(10-19)11-22-2/h5-6,8,13H,3-4,7,9-11H2,1-2H3. The molecule has 2 heterocycles. The van der Waals surface area contributed by atoms with Gasteiger partial charge in [0.25, 0.3) is 10.2 Å². The summed E-state index contributed by atoms with van der Waals surface area (Å²) in [5.41, 5.74) is 2.56. The van der Waals surface area contributed by atoms with Gasteiger partial charge in [0.15, 0.2) is 0 Å². The highest BCUT2D eigenvalue weighted by molar-refractivity contribution is 7.86. The summed E-state index contributed by atoms with van der Waals surface area (Å²) in [6.45, 7) is 2.02. The predicted molar refractivity (Wildman–Crippen MR) is 94.0 cm³/mol. The average molecular weight is 371 g/mol. The van der Waals surface area contributed by atoms with Crippen molar-refractivity contribution in [2.45, 2.75) is 19.4 Å². The van der Waals surface area contributed by atoms with E-state index in [1.54, 1.807) is 18.5 Å². The topological polar surface area (TPSA) is 75.6 Å². The maximum absolute atomic E-state index is 12.8. The number of piperidine rings is 1. The van der Waals surface area contributed by atoms with Crippen LogP contribution < -0.4 is 0 Å². The van der Waals surface area contributed by atoms with E-state index < -0.39 is 10.2 Å². The van der Waals surface area contributed by atoms with Gasteiger partial charge < -0.3 is 4.74 Å². The van der Waals surface area contributed by atoms with E-state index in [9.17, 15) is 8.42 Å². The van der Waals surface area contributed by atoms with Gasteiger partial charge in [-0.1, -0.05) is 6.07 Å². The maximum Gasteiger partial charge on any atom is 0.282 e. The quantitative estimate of drug-likeness (QED) is 0.774. The number of benzene rings is 1. The van der Waals surface area contributed by atoms with E-state index in [-0.39, 0.29) is 5.92 Å². The lowest BCUT2D eigenvalue weighted by atomic mass is 10.0. The Kier molecular flexibility index (Phi) is 5.46. The second kappa shape index (κ2) is 7.40. The van der Waals surface area contributed by atoms with Gasteiger partial charge >= 0.3 is 0 Å². The molecule has 0 spiro atoms. The van der Waals surface area contributed by atoms with Crippen molar-refractivity contribution in [1.29, 1.82) is 0 Å². The normalized spacial score (nSPS) is 20.0. The molecule has 0 amide bonds. The summed E-state index contributed by atoms with van der Waals surface area (Å²) in [7, 11) is -0.194. The van der Waals surface area contributed by atoms with Crippen LogP contribution in [0.4, 0.5) is 0 Å². The Morgan fingerprint density at radius 1 is 1.38 bits per heavy atom. The van der Waals surface area contributed by atoms with Gasteiger partial charge in [0, 0.05) is 33.8 Å². The summed E-state index contributed by atoms with van der Waals surface area (Å²) >= 11 is 1.16. The SMILES string of the molecule is COCC1CCCN(S(=O)(=O)N(C)Cc2ccc3nsnc3c2)C1. The van der Waals surface area contributed by atoms with Crippen molar-refractivity contribution in [3.63, 3.8) is 0 Å². The van der Waals surface area contributed by atoms with Crippen LogP contribution in [-0.2, 0) is 21.5 Å². The lowest BCUT2D eigenvalue weighted by Gasteiger charge is -2.34. The Balaban J connectivity index is 1.71. The summed E-state index contributed by atoms with van der Waals surface area (Å²) < 4.78 is 42.2. The van der Waals surface area contributed by atoms with Crippen LogP contribution >= 0.6 is 11.7 Å². The first-order chi connectivity index (χ1) is 11.5. The molecule has 1 aromatic heterocycles. The van der Waals surface area contributed by atoms with Crippen LogP contribution in [0.2, 0.25) is 0 Å². The number of aromatic nitrogens is 2. The third kappa shape index (κ3) is 3.75. The van der Waals surface area contributed by atoms with Gasteiger partial charge in [-0.3, -0.25) is 0 Å². The summed E-state index contributed by atoms with van der Waals surface area (Å²) in [5.74, 6) is 0.268. The second-order valence-electron chi connectivity index (χ2n) is 6.17. The molecule has 3 rings (SSSR count). The van der Waals surface area contributed by atoms with Gasteiger partial charge in [-0.15, -0.1) is 0 Å². The van der Waals surface area contributed by atoms with Crippen LogP contribution in [-0.4, -0.2) is 59.6 Å². The average Bonchev–Trinajstić information content (AvgIpc) is 3.03. The molecule has 1 atom stereocenters.